The Hall–Kier alpha value is -4.72. The van der Waals surface area contributed by atoms with Crippen LogP contribution in [0.3, 0.4) is 0 Å². The van der Waals surface area contributed by atoms with Gasteiger partial charge in [-0.1, -0.05) is 0 Å². The van der Waals surface area contributed by atoms with Crippen LogP contribution in [0.15, 0.2) is 39.9 Å². The van der Waals surface area contributed by atoms with Gasteiger partial charge in [0.2, 0.25) is 5.95 Å². The maximum Gasteiger partial charge on any atom is 0.331 e. The summed E-state index contributed by atoms with van der Waals surface area (Å²) in [5.74, 6) is 2.57. The van der Waals surface area contributed by atoms with Crippen LogP contribution in [0.1, 0.15) is 32.7 Å². The van der Waals surface area contributed by atoms with Crippen LogP contribution in [0.2, 0.25) is 0 Å². The van der Waals surface area contributed by atoms with Crippen LogP contribution < -0.4 is 30.5 Å². The molecule has 0 spiro atoms. The zero-order chi connectivity index (χ0) is 31.0. The number of nitro groups is 1. The molecule has 2 aliphatic rings. The molecule has 2 aromatic carbocycles. The Balaban J connectivity index is 1.38. The van der Waals surface area contributed by atoms with Crippen LogP contribution in [-0.2, 0) is 11.8 Å². The van der Waals surface area contributed by atoms with E-state index in [0.29, 0.717) is 88.4 Å². The van der Waals surface area contributed by atoms with Gasteiger partial charge in [0.25, 0.3) is 11.2 Å². The molecule has 44 heavy (non-hydrogen) atoms. The van der Waals surface area contributed by atoms with Crippen LogP contribution in [-0.4, -0.2) is 76.6 Å². The van der Waals surface area contributed by atoms with E-state index in [4.69, 9.17) is 24.2 Å². The number of morpholine rings is 1. The molecule has 6 rings (SSSR count). The highest BCUT2D eigenvalue weighted by Crippen LogP contribution is 2.38. The predicted octanol–water partition coefficient (Wildman–Crippen LogP) is 3.03. The van der Waals surface area contributed by atoms with E-state index in [0.717, 1.165) is 16.7 Å². The van der Waals surface area contributed by atoms with E-state index in [9.17, 15) is 19.7 Å². The zero-order valence-electron chi connectivity index (χ0n) is 25.0. The number of nitro benzene ring substituents is 1. The lowest BCUT2D eigenvalue weighted by Gasteiger charge is -2.35. The van der Waals surface area contributed by atoms with E-state index >= 15 is 0 Å². The molecular formula is C30H35N7O7. The van der Waals surface area contributed by atoms with Crippen molar-refractivity contribution in [3.63, 3.8) is 0 Å². The van der Waals surface area contributed by atoms with Gasteiger partial charge < -0.3 is 24.0 Å². The van der Waals surface area contributed by atoms with Gasteiger partial charge in [0.05, 0.1) is 47.8 Å². The molecule has 0 unspecified atom stereocenters. The summed E-state index contributed by atoms with van der Waals surface area (Å²) >= 11 is 0. The molecule has 0 radical (unpaired) electrons. The summed E-state index contributed by atoms with van der Waals surface area (Å²) in [4.78, 5) is 52.0. The molecule has 2 fully saturated rings. The SMILES string of the molecule is CCOc1cc2nc(N3CCOCC3)nc(N3CCC(n4c(=O)c5cc([N+](=O)[O-])ccc5n(C)c4=O)CC3)c2cc1OCC. The Kier molecular flexibility index (Phi) is 8.08. The third-order valence-corrected chi connectivity index (χ3v) is 8.25. The number of piperidine rings is 1. The quantitative estimate of drug-likeness (QED) is 0.216. The first-order valence-electron chi connectivity index (χ1n) is 14.9. The number of hydrogen-bond acceptors (Lipinski definition) is 11. The first-order valence-corrected chi connectivity index (χ1v) is 14.9. The van der Waals surface area contributed by atoms with Crippen molar-refractivity contribution in [3.05, 3.63) is 61.3 Å². The third kappa shape index (κ3) is 5.29. The average Bonchev–Trinajstić information content (AvgIpc) is 3.04. The molecule has 14 heteroatoms. The Morgan fingerprint density at radius 1 is 0.932 bits per heavy atom. The normalized spacial score (nSPS) is 16.1. The lowest BCUT2D eigenvalue weighted by Crippen LogP contribution is -2.45. The van der Waals surface area contributed by atoms with Gasteiger partial charge in [0, 0.05) is 62.9 Å². The summed E-state index contributed by atoms with van der Waals surface area (Å²) in [6.45, 7) is 8.38. The van der Waals surface area contributed by atoms with E-state index < -0.39 is 16.2 Å². The number of hydrogen-bond donors (Lipinski definition) is 0. The maximum absolute atomic E-state index is 13.6. The second-order valence-electron chi connectivity index (χ2n) is 10.8. The number of non-ortho nitro benzene ring substituents is 1. The molecule has 0 amide bonds. The van der Waals surface area contributed by atoms with Crippen molar-refractivity contribution >= 4 is 39.3 Å². The minimum Gasteiger partial charge on any atom is -0.490 e. The van der Waals surface area contributed by atoms with Crippen molar-refractivity contribution in [2.24, 2.45) is 7.05 Å². The maximum atomic E-state index is 13.6. The molecular weight excluding hydrogens is 570 g/mol. The first kappa shape index (κ1) is 29.4. The molecule has 4 heterocycles. The molecule has 0 atom stereocenters. The molecule has 2 saturated heterocycles. The summed E-state index contributed by atoms with van der Waals surface area (Å²) in [6, 6.07) is 7.43. The molecule has 14 nitrogen and oxygen atoms in total. The van der Waals surface area contributed by atoms with Crippen molar-refractivity contribution in [1.29, 1.82) is 0 Å². The number of anilines is 2. The molecule has 232 valence electrons. The third-order valence-electron chi connectivity index (χ3n) is 8.25. The van der Waals surface area contributed by atoms with Crippen LogP contribution in [0, 0.1) is 10.1 Å². The van der Waals surface area contributed by atoms with Crippen LogP contribution in [0.25, 0.3) is 21.8 Å². The van der Waals surface area contributed by atoms with Gasteiger partial charge >= 0.3 is 5.69 Å². The highest BCUT2D eigenvalue weighted by molar-refractivity contribution is 5.93. The van der Waals surface area contributed by atoms with Crippen molar-refractivity contribution in [3.8, 4) is 11.5 Å². The second kappa shape index (κ2) is 12.1. The van der Waals surface area contributed by atoms with Crippen molar-refractivity contribution in [1.82, 2.24) is 19.1 Å². The van der Waals surface area contributed by atoms with E-state index in [1.165, 1.54) is 27.3 Å². The first-order chi connectivity index (χ1) is 21.3. The highest BCUT2D eigenvalue weighted by atomic mass is 16.6. The van der Waals surface area contributed by atoms with Gasteiger partial charge in [-0.15, -0.1) is 0 Å². The van der Waals surface area contributed by atoms with Crippen molar-refractivity contribution < 1.29 is 19.1 Å². The van der Waals surface area contributed by atoms with E-state index in [2.05, 4.69) is 9.80 Å². The molecule has 0 N–H and O–H groups in total. The standard InChI is InChI=1S/C30H35N7O7/c1-4-43-25-17-21-23(18-26(25)44-5-2)31-29(35-12-14-42-15-13-35)32-27(21)34-10-8-19(9-11-34)36-28(38)22-16-20(37(40)41)6-7-24(22)33(3)30(36)39/h6-7,16-19H,4-5,8-15H2,1-3H3. The predicted molar refractivity (Wildman–Crippen MR) is 165 cm³/mol. The van der Waals surface area contributed by atoms with Gasteiger partial charge in [-0.25, -0.2) is 9.78 Å². The number of aromatic nitrogens is 4. The molecule has 0 bridgehead atoms. The zero-order valence-corrected chi connectivity index (χ0v) is 25.0. The van der Waals surface area contributed by atoms with Gasteiger partial charge in [-0.05, 0) is 38.8 Å². The number of nitrogens with zero attached hydrogens (tertiary/aromatic N) is 7. The molecule has 2 aromatic heterocycles. The average molecular weight is 606 g/mol. The molecule has 0 saturated carbocycles. The lowest BCUT2D eigenvalue weighted by atomic mass is 10.0. The molecule has 0 aliphatic carbocycles. The summed E-state index contributed by atoms with van der Waals surface area (Å²) in [7, 11) is 1.58. The van der Waals surface area contributed by atoms with E-state index in [1.807, 2.05) is 26.0 Å². The van der Waals surface area contributed by atoms with Gasteiger partial charge in [-0.2, -0.15) is 4.98 Å². The van der Waals surface area contributed by atoms with Gasteiger partial charge in [0.1, 0.15) is 5.82 Å². The van der Waals surface area contributed by atoms with Crippen LogP contribution in [0.4, 0.5) is 17.5 Å². The summed E-state index contributed by atoms with van der Waals surface area (Å²) in [6.07, 6.45) is 1.01. The fraction of sp³-hybridized carbons (Fsp3) is 0.467. The number of ether oxygens (including phenoxy) is 3. The highest BCUT2D eigenvalue weighted by Gasteiger charge is 2.28. The summed E-state index contributed by atoms with van der Waals surface area (Å²) < 4.78 is 20.0. The lowest BCUT2D eigenvalue weighted by molar-refractivity contribution is -0.384. The topological polar surface area (TPSA) is 147 Å². The van der Waals surface area contributed by atoms with Gasteiger partial charge in [-0.3, -0.25) is 24.0 Å². The summed E-state index contributed by atoms with van der Waals surface area (Å²) in [5.41, 5.74) is -0.0651. The van der Waals surface area contributed by atoms with E-state index in [1.54, 1.807) is 7.05 Å². The van der Waals surface area contributed by atoms with Crippen molar-refractivity contribution in [2.75, 3.05) is 62.4 Å². The number of aryl methyl sites for hydroxylation is 1. The fourth-order valence-electron chi connectivity index (χ4n) is 6.03. The monoisotopic (exact) mass is 605 g/mol. The number of benzene rings is 2. The number of rotatable bonds is 8. The Morgan fingerprint density at radius 2 is 1.61 bits per heavy atom. The van der Waals surface area contributed by atoms with Gasteiger partial charge in [0.15, 0.2) is 11.5 Å². The minimum absolute atomic E-state index is 0.147. The Morgan fingerprint density at radius 3 is 2.27 bits per heavy atom. The largest absolute Gasteiger partial charge is 0.490 e. The molecule has 4 aromatic rings. The van der Waals surface area contributed by atoms with E-state index in [-0.39, 0.29) is 17.1 Å². The summed E-state index contributed by atoms with van der Waals surface area (Å²) in [5, 5.41) is 12.3. The van der Waals surface area contributed by atoms with Crippen molar-refractivity contribution in [2.45, 2.75) is 32.7 Å². The van der Waals surface area contributed by atoms with Crippen LogP contribution in [0.5, 0.6) is 11.5 Å². The Labute approximate surface area is 252 Å². The minimum atomic E-state index is -0.543. The fourth-order valence-corrected chi connectivity index (χ4v) is 6.03. The Bertz CT molecular complexity index is 1840. The smallest absolute Gasteiger partial charge is 0.331 e. The van der Waals surface area contributed by atoms with Crippen LogP contribution >= 0.6 is 0 Å². The second-order valence-corrected chi connectivity index (χ2v) is 10.8. The number of fused-ring (bicyclic) bond motifs is 2. The molecule has 2 aliphatic heterocycles.